The molecule has 1 aliphatic rings. The minimum atomic E-state index is -0.675. The molecule has 0 saturated heterocycles. The molecule has 4 nitrogen and oxygen atoms in total. The standard InChI is InChI=1S/C10H8BrNO3/c1-15-10(14)8-6-3-2-5(11)4-7(6)9(13)12-8/h2-4,8H,1H3,(H,12,13). The van der Waals surface area contributed by atoms with Crippen LogP contribution < -0.4 is 5.32 Å². The second-order valence-corrected chi connectivity index (χ2v) is 4.08. The van der Waals surface area contributed by atoms with Crippen molar-refractivity contribution in [2.24, 2.45) is 0 Å². The highest BCUT2D eigenvalue weighted by Gasteiger charge is 2.34. The van der Waals surface area contributed by atoms with Crippen LogP contribution in [0.1, 0.15) is 22.0 Å². The molecule has 2 rings (SSSR count). The molecule has 1 atom stereocenters. The lowest BCUT2D eigenvalue weighted by atomic mass is 10.1. The van der Waals surface area contributed by atoms with Crippen molar-refractivity contribution in [2.75, 3.05) is 7.11 Å². The number of benzene rings is 1. The van der Waals surface area contributed by atoms with Gasteiger partial charge in [0.2, 0.25) is 0 Å². The average Bonchev–Trinajstić information content (AvgIpc) is 2.55. The van der Waals surface area contributed by atoms with E-state index in [4.69, 9.17) is 0 Å². The number of nitrogens with one attached hydrogen (secondary N) is 1. The van der Waals surface area contributed by atoms with Crippen molar-refractivity contribution >= 4 is 27.8 Å². The van der Waals surface area contributed by atoms with E-state index in [2.05, 4.69) is 26.0 Å². The number of halogens is 1. The third-order valence-corrected chi connectivity index (χ3v) is 2.78. The number of carbonyl (C=O) groups excluding carboxylic acids is 2. The smallest absolute Gasteiger partial charge is 0.333 e. The Hall–Kier alpha value is -1.36. The SMILES string of the molecule is COC(=O)C1NC(=O)c2cc(Br)ccc21. The summed E-state index contributed by atoms with van der Waals surface area (Å²) in [6, 6.07) is 4.53. The normalized spacial score (nSPS) is 18.3. The third kappa shape index (κ3) is 1.63. The predicted octanol–water partition coefficient (Wildman–Crippen LogP) is 1.41. The van der Waals surface area contributed by atoms with Crippen LogP contribution in [0.15, 0.2) is 22.7 Å². The van der Waals surface area contributed by atoms with Crippen LogP contribution in [-0.4, -0.2) is 19.0 Å². The summed E-state index contributed by atoms with van der Waals surface area (Å²) in [5, 5.41) is 2.56. The first kappa shape index (κ1) is 10.2. The first-order valence-corrected chi connectivity index (χ1v) is 5.11. The fourth-order valence-corrected chi connectivity index (χ4v) is 1.93. The second kappa shape index (κ2) is 3.66. The van der Waals surface area contributed by atoms with Gasteiger partial charge in [-0.1, -0.05) is 22.0 Å². The molecule has 0 spiro atoms. The summed E-state index contributed by atoms with van der Waals surface area (Å²) in [7, 11) is 1.30. The van der Waals surface area contributed by atoms with Crippen LogP contribution in [0.4, 0.5) is 0 Å². The van der Waals surface area contributed by atoms with E-state index in [0.717, 1.165) is 4.47 Å². The maximum Gasteiger partial charge on any atom is 0.333 e. The Kier molecular flexibility index (Phi) is 2.48. The van der Waals surface area contributed by atoms with Crippen molar-refractivity contribution in [1.82, 2.24) is 5.32 Å². The minimum absolute atomic E-state index is 0.248. The number of methoxy groups -OCH3 is 1. The van der Waals surface area contributed by atoms with Crippen LogP contribution in [-0.2, 0) is 9.53 Å². The Balaban J connectivity index is 2.47. The summed E-state index contributed by atoms with van der Waals surface area (Å²) in [6.45, 7) is 0. The fraction of sp³-hybridized carbons (Fsp3) is 0.200. The maximum atomic E-state index is 11.5. The van der Waals surface area contributed by atoms with E-state index in [-0.39, 0.29) is 5.91 Å². The van der Waals surface area contributed by atoms with E-state index in [1.165, 1.54) is 7.11 Å². The third-order valence-electron chi connectivity index (χ3n) is 2.28. The number of amides is 1. The van der Waals surface area contributed by atoms with E-state index in [1.54, 1.807) is 18.2 Å². The second-order valence-electron chi connectivity index (χ2n) is 3.16. The Morgan fingerprint density at radius 3 is 2.93 bits per heavy atom. The van der Waals surface area contributed by atoms with Gasteiger partial charge in [-0.15, -0.1) is 0 Å². The Morgan fingerprint density at radius 2 is 2.27 bits per heavy atom. The molecule has 0 aromatic heterocycles. The molecule has 1 amide bonds. The Labute approximate surface area is 94.7 Å². The van der Waals surface area contributed by atoms with Gasteiger partial charge in [0, 0.05) is 10.0 Å². The summed E-state index contributed by atoms with van der Waals surface area (Å²) in [4.78, 5) is 22.9. The maximum absolute atomic E-state index is 11.5. The van der Waals surface area contributed by atoms with Crippen molar-refractivity contribution in [2.45, 2.75) is 6.04 Å². The zero-order valence-corrected chi connectivity index (χ0v) is 9.50. The van der Waals surface area contributed by atoms with Gasteiger partial charge >= 0.3 is 5.97 Å². The van der Waals surface area contributed by atoms with Gasteiger partial charge in [-0.25, -0.2) is 4.79 Å². The summed E-state index contributed by atoms with van der Waals surface area (Å²) in [6.07, 6.45) is 0. The minimum Gasteiger partial charge on any atom is -0.467 e. The Morgan fingerprint density at radius 1 is 1.53 bits per heavy atom. The first-order chi connectivity index (χ1) is 7.13. The highest BCUT2D eigenvalue weighted by molar-refractivity contribution is 9.10. The number of carbonyl (C=O) groups is 2. The van der Waals surface area contributed by atoms with Crippen molar-refractivity contribution in [3.63, 3.8) is 0 Å². The molecule has 1 heterocycles. The van der Waals surface area contributed by atoms with Crippen molar-refractivity contribution in [3.8, 4) is 0 Å². The van der Waals surface area contributed by atoms with Gasteiger partial charge in [-0.05, 0) is 17.7 Å². The van der Waals surface area contributed by atoms with E-state index in [0.29, 0.717) is 11.1 Å². The zero-order chi connectivity index (χ0) is 11.0. The summed E-state index contributed by atoms with van der Waals surface area (Å²) >= 11 is 3.27. The lowest BCUT2D eigenvalue weighted by molar-refractivity contribution is -0.142. The molecule has 0 bridgehead atoms. The van der Waals surface area contributed by atoms with Crippen LogP contribution >= 0.6 is 15.9 Å². The molecule has 5 heteroatoms. The number of ether oxygens (including phenoxy) is 1. The largest absolute Gasteiger partial charge is 0.467 e. The van der Waals surface area contributed by atoms with Gasteiger partial charge in [-0.2, -0.15) is 0 Å². The number of esters is 1. The molecule has 0 aliphatic carbocycles. The molecule has 78 valence electrons. The molecule has 15 heavy (non-hydrogen) atoms. The van der Waals surface area contributed by atoms with Crippen molar-refractivity contribution < 1.29 is 14.3 Å². The molecule has 0 fully saturated rings. The van der Waals surface area contributed by atoms with Crippen LogP contribution in [0.3, 0.4) is 0 Å². The first-order valence-electron chi connectivity index (χ1n) is 4.31. The molecule has 1 aromatic rings. The quantitative estimate of drug-likeness (QED) is 0.785. The van der Waals surface area contributed by atoms with Gasteiger partial charge in [-0.3, -0.25) is 4.79 Å². The molecule has 1 aliphatic heterocycles. The van der Waals surface area contributed by atoms with Crippen LogP contribution in [0, 0.1) is 0 Å². The topological polar surface area (TPSA) is 55.4 Å². The summed E-state index contributed by atoms with van der Waals surface area (Å²) in [5.41, 5.74) is 1.18. The molecule has 0 radical (unpaired) electrons. The van der Waals surface area contributed by atoms with E-state index >= 15 is 0 Å². The van der Waals surface area contributed by atoms with Crippen LogP contribution in [0.5, 0.6) is 0 Å². The lowest BCUT2D eigenvalue weighted by Crippen LogP contribution is -2.26. The van der Waals surface area contributed by atoms with Gasteiger partial charge in [0.1, 0.15) is 0 Å². The van der Waals surface area contributed by atoms with Gasteiger partial charge < -0.3 is 10.1 Å². The van der Waals surface area contributed by atoms with Crippen LogP contribution in [0.2, 0.25) is 0 Å². The number of hydrogen-bond acceptors (Lipinski definition) is 3. The molecule has 1 N–H and O–H groups in total. The van der Waals surface area contributed by atoms with Gasteiger partial charge in [0.05, 0.1) is 7.11 Å². The fourth-order valence-electron chi connectivity index (χ4n) is 1.57. The summed E-state index contributed by atoms with van der Waals surface area (Å²) < 4.78 is 5.41. The molecular formula is C10H8BrNO3. The summed E-state index contributed by atoms with van der Waals surface area (Å²) in [5.74, 6) is -0.703. The highest BCUT2D eigenvalue weighted by atomic mass is 79.9. The van der Waals surface area contributed by atoms with E-state index in [1.807, 2.05) is 0 Å². The number of rotatable bonds is 1. The van der Waals surface area contributed by atoms with Gasteiger partial charge in [0.15, 0.2) is 6.04 Å². The molecule has 1 unspecified atom stereocenters. The average molecular weight is 270 g/mol. The lowest BCUT2D eigenvalue weighted by Gasteiger charge is -2.08. The molecular weight excluding hydrogens is 262 g/mol. The monoisotopic (exact) mass is 269 g/mol. The van der Waals surface area contributed by atoms with E-state index < -0.39 is 12.0 Å². The van der Waals surface area contributed by atoms with E-state index in [9.17, 15) is 9.59 Å². The highest BCUT2D eigenvalue weighted by Crippen LogP contribution is 2.28. The predicted molar refractivity (Wildman–Crippen MR) is 56.4 cm³/mol. The molecule has 1 aromatic carbocycles. The van der Waals surface area contributed by atoms with Crippen LogP contribution in [0.25, 0.3) is 0 Å². The number of hydrogen-bond donors (Lipinski definition) is 1. The Bertz CT molecular complexity index is 444. The van der Waals surface area contributed by atoms with Crippen molar-refractivity contribution in [1.29, 1.82) is 0 Å². The molecule has 0 saturated carbocycles. The van der Waals surface area contributed by atoms with Crippen molar-refractivity contribution in [3.05, 3.63) is 33.8 Å². The van der Waals surface area contributed by atoms with Gasteiger partial charge in [0.25, 0.3) is 5.91 Å². The number of fused-ring (bicyclic) bond motifs is 1. The zero-order valence-electron chi connectivity index (χ0n) is 7.91.